The van der Waals surface area contributed by atoms with E-state index in [2.05, 4.69) is 178 Å². The molecule has 3 heterocycles. The molecule has 0 bridgehead atoms. The Labute approximate surface area is 276 Å². The van der Waals surface area contributed by atoms with Crippen molar-refractivity contribution >= 4 is 71.7 Å². The highest BCUT2D eigenvalue weighted by atomic mass is 16.3. The molecule has 226 valence electrons. The average molecular weight is 616 g/mol. The molecule has 0 radical (unpaired) electrons. The van der Waals surface area contributed by atoms with Crippen molar-refractivity contribution in [2.75, 3.05) is 4.90 Å². The number of aromatic nitrogens is 2. The predicted molar refractivity (Wildman–Crippen MR) is 200 cm³/mol. The number of furan rings is 1. The molecule has 0 spiro atoms. The van der Waals surface area contributed by atoms with Crippen LogP contribution in [0, 0.1) is 0 Å². The van der Waals surface area contributed by atoms with Crippen molar-refractivity contribution in [2.45, 2.75) is 0 Å². The van der Waals surface area contributed by atoms with Gasteiger partial charge in [0.05, 0.1) is 16.6 Å². The molecule has 0 fully saturated rings. The van der Waals surface area contributed by atoms with Crippen LogP contribution in [-0.4, -0.2) is 9.13 Å². The quantitative estimate of drug-likeness (QED) is 0.193. The van der Waals surface area contributed by atoms with Gasteiger partial charge in [0.15, 0.2) is 0 Å². The fraction of sp³-hybridized carbons (Fsp3) is 0. The molecule has 0 aliphatic carbocycles. The number of hydrogen-bond donors (Lipinski definition) is 0. The summed E-state index contributed by atoms with van der Waals surface area (Å²) in [5.74, 6) is 0. The van der Waals surface area contributed by atoms with E-state index in [0.29, 0.717) is 0 Å². The Morgan fingerprint density at radius 2 is 1.06 bits per heavy atom. The Bertz CT molecular complexity index is 2770. The summed E-state index contributed by atoms with van der Waals surface area (Å²) in [7, 11) is 0. The zero-order chi connectivity index (χ0) is 31.6. The van der Waals surface area contributed by atoms with Crippen molar-refractivity contribution in [1.82, 2.24) is 9.13 Å². The van der Waals surface area contributed by atoms with Crippen molar-refractivity contribution in [3.8, 4) is 11.4 Å². The first-order chi connectivity index (χ1) is 23.8. The molecule has 10 aromatic rings. The number of hydrogen-bond acceptors (Lipinski definition) is 2. The Morgan fingerprint density at radius 1 is 0.396 bits per heavy atom. The monoisotopic (exact) mass is 615 g/mol. The molecule has 0 amide bonds. The van der Waals surface area contributed by atoms with Crippen LogP contribution in [0.3, 0.4) is 0 Å². The summed E-state index contributed by atoms with van der Waals surface area (Å²) in [6, 6.07) is 60.3. The predicted octanol–water partition coefficient (Wildman–Crippen LogP) is 12.1. The largest absolute Gasteiger partial charge is 0.456 e. The first-order valence-electron chi connectivity index (χ1n) is 16.3. The van der Waals surface area contributed by atoms with E-state index in [0.717, 1.165) is 44.7 Å². The van der Waals surface area contributed by atoms with E-state index in [4.69, 9.17) is 4.42 Å². The van der Waals surface area contributed by atoms with Gasteiger partial charge in [0.1, 0.15) is 11.2 Å². The highest BCUT2D eigenvalue weighted by molar-refractivity contribution is 6.13. The lowest BCUT2D eigenvalue weighted by Gasteiger charge is -2.25. The smallest absolute Gasteiger partial charge is 0.135 e. The van der Waals surface area contributed by atoms with Crippen LogP contribution >= 0.6 is 0 Å². The van der Waals surface area contributed by atoms with Crippen molar-refractivity contribution in [3.63, 3.8) is 0 Å². The Kier molecular flexibility index (Phi) is 5.84. The highest BCUT2D eigenvalue weighted by Crippen LogP contribution is 2.40. The van der Waals surface area contributed by atoms with Gasteiger partial charge >= 0.3 is 0 Å². The summed E-state index contributed by atoms with van der Waals surface area (Å²) in [6.07, 6.45) is 2.18. The van der Waals surface area contributed by atoms with E-state index in [9.17, 15) is 0 Å². The molecule has 4 nitrogen and oxygen atoms in total. The molecule has 10 rings (SSSR count). The molecule has 48 heavy (non-hydrogen) atoms. The second-order valence-electron chi connectivity index (χ2n) is 12.3. The van der Waals surface area contributed by atoms with Crippen LogP contribution < -0.4 is 4.90 Å². The minimum atomic E-state index is 0.892. The lowest BCUT2D eigenvalue weighted by atomic mass is 10.1. The van der Waals surface area contributed by atoms with Gasteiger partial charge in [-0.2, -0.15) is 0 Å². The highest BCUT2D eigenvalue weighted by Gasteiger charge is 2.17. The Balaban J connectivity index is 1.09. The van der Waals surface area contributed by atoms with Crippen LogP contribution in [0.15, 0.2) is 180 Å². The lowest BCUT2D eigenvalue weighted by molar-refractivity contribution is 0.669. The maximum atomic E-state index is 6.14. The SMILES string of the molecule is c1ccc(N(c2ccc(-n3ccc4cc5c(cc43)c3ccccc3n5-c3ccccc3)cc2)c2ccc3oc4ccccc4c3c2)cc1. The van der Waals surface area contributed by atoms with Gasteiger partial charge < -0.3 is 18.5 Å². The fourth-order valence-electron chi connectivity index (χ4n) is 7.32. The molecular weight excluding hydrogens is 587 g/mol. The molecule has 0 atom stereocenters. The van der Waals surface area contributed by atoms with E-state index in [-0.39, 0.29) is 0 Å². The summed E-state index contributed by atoms with van der Waals surface area (Å²) in [5, 5.41) is 5.94. The number of rotatable bonds is 5. The molecule has 0 aliphatic heterocycles. The van der Waals surface area contributed by atoms with E-state index in [1.54, 1.807) is 0 Å². The van der Waals surface area contributed by atoms with Gasteiger partial charge in [0.2, 0.25) is 0 Å². The molecule has 0 unspecified atom stereocenters. The normalized spacial score (nSPS) is 11.8. The molecule has 0 saturated heterocycles. The lowest BCUT2D eigenvalue weighted by Crippen LogP contribution is -2.09. The number of benzene rings is 7. The van der Waals surface area contributed by atoms with Crippen LogP contribution in [0.1, 0.15) is 0 Å². The third-order valence-electron chi connectivity index (χ3n) is 9.52. The van der Waals surface area contributed by atoms with Gasteiger partial charge in [-0.05, 0) is 97.1 Å². The third-order valence-corrected chi connectivity index (χ3v) is 9.52. The van der Waals surface area contributed by atoms with Crippen molar-refractivity contribution in [2.24, 2.45) is 0 Å². The van der Waals surface area contributed by atoms with E-state index < -0.39 is 0 Å². The molecular formula is C44H29N3O. The van der Waals surface area contributed by atoms with E-state index in [1.807, 2.05) is 12.1 Å². The van der Waals surface area contributed by atoms with Crippen LogP contribution in [0.25, 0.3) is 66.0 Å². The average Bonchev–Trinajstić information content (AvgIpc) is 3.83. The molecule has 0 aliphatic rings. The van der Waals surface area contributed by atoms with Crippen molar-refractivity contribution < 1.29 is 4.42 Å². The van der Waals surface area contributed by atoms with Gasteiger partial charge in [-0.25, -0.2) is 0 Å². The number of para-hydroxylation sites is 4. The second kappa shape index (κ2) is 10.5. The molecule has 0 saturated carbocycles. The first kappa shape index (κ1) is 26.7. The summed E-state index contributed by atoms with van der Waals surface area (Å²) < 4.78 is 10.8. The first-order valence-corrected chi connectivity index (χ1v) is 16.3. The number of fused-ring (bicyclic) bond motifs is 7. The maximum Gasteiger partial charge on any atom is 0.135 e. The zero-order valence-corrected chi connectivity index (χ0v) is 26.0. The number of anilines is 3. The Hall–Kier alpha value is -6.52. The van der Waals surface area contributed by atoms with E-state index >= 15 is 0 Å². The van der Waals surface area contributed by atoms with Crippen LogP contribution in [-0.2, 0) is 0 Å². The van der Waals surface area contributed by atoms with Gasteiger partial charge in [0.25, 0.3) is 0 Å². The third kappa shape index (κ3) is 4.10. The molecule has 4 heteroatoms. The summed E-state index contributed by atoms with van der Waals surface area (Å²) in [6.45, 7) is 0. The zero-order valence-electron chi connectivity index (χ0n) is 26.0. The molecule has 7 aromatic carbocycles. The molecule has 0 N–H and O–H groups in total. The van der Waals surface area contributed by atoms with Crippen molar-refractivity contribution in [3.05, 3.63) is 176 Å². The van der Waals surface area contributed by atoms with Gasteiger partial charge in [-0.3, -0.25) is 0 Å². The van der Waals surface area contributed by atoms with Gasteiger partial charge in [-0.1, -0.05) is 72.8 Å². The van der Waals surface area contributed by atoms with Crippen LogP contribution in [0.4, 0.5) is 17.1 Å². The van der Waals surface area contributed by atoms with Crippen LogP contribution in [0.2, 0.25) is 0 Å². The van der Waals surface area contributed by atoms with E-state index in [1.165, 1.54) is 38.4 Å². The minimum Gasteiger partial charge on any atom is -0.456 e. The maximum absolute atomic E-state index is 6.14. The Morgan fingerprint density at radius 3 is 1.90 bits per heavy atom. The minimum absolute atomic E-state index is 0.892. The molecule has 3 aromatic heterocycles. The van der Waals surface area contributed by atoms with Gasteiger partial charge in [-0.15, -0.1) is 0 Å². The standard InChI is InChI=1S/C44H29N3O/c1-3-11-32(12-4-1)46(35-23-24-44-39(28-35)37-16-8-10-18-43(37)48-44)34-21-19-31(20-22-34)45-26-25-30-27-42-38(29-41(30)45)36-15-7-9-17-40(36)47(42)33-13-5-2-6-14-33/h1-29H. The summed E-state index contributed by atoms with van der Waals surface area (Å²) in [5.41, 5.74) is 11.0. The summed E-state index contributed by atoms with van der Waals surface area (Å²) in [4.78, 5) is 2.31. The fourth-order valence-corrected chi connectivity index (χ4v) is 7.32. The van der Waals surface area contributed by atoms with Gasteiger partial charge in [0, 0.05) is 61.6 Å². The summed E-state index contributed by atoms with van der Waals surface area (Å²) >= 11 is 0. The number of nitrogens with zero attached hydrogens (tertiary/aromatic N) is 3. The second-order valence-corrected chi connectivity index (χ2v) is 12.3. The topological polar surface area (TPSA) is 26.2 Å². The van der Waals surface area contributed by atoms with Crippen molar-refractivity contribution in [1.29, 1.82) is 0 Å². The van der Waals surface area contributed by atoms with Crippen LogP contribution in [0.5, 0.6) is 0 Å².